The van der Waals surface area contributed by atoms with Gasteiger partial charge in [0.15, 0.2) is 0 Å². The number of rotatable bonds is 14. The van der Waals surface area contributed by atoms with Crippen molar-refractivity contribution in [2.45, 2.75) is 69.6 Å². The Labute approximate surface area is 242 Å². The number of benzene rings is 1. The first kappa shape index (κ1) is 30.3. The minimum Gasteiger partial charge on any atom is -0.396 e. The molecular formula is C31H42ClN3O5. The molecule has 0 radical (unpaired) electrons. The zero-order valence-corrected chi connectivity index (χ0v) is 24.4. The molecule has 3 heterocycles. The molecular weight excluding hydrogens is 530 g/mol. The van der Waals surface area contributed by atoms with Gasteiger partial charge in [0.1, 0.15) is 11.6 Å². The maximum Gasteiger partial charge on any atom is 0.253 e. The molecule has 3 fully saturated rings. The molecule has 3 saturated heterocycles. The Bertz CT molecular complexity index is 1140. The van der Waals surface area contributed by atoms with Gasteiger partial charge in [0.25, 0.3) is 5.91 Å². The highest BCUT2D eigenvalue weighted by Gasteiger charge is 2.78. The Morgan fingerprint density at radius 1 is 1.15 bits per heavy atom. The fourth-order valence-electron chi connectivity index (χ4n) is 7.06. The molecule has 3 amide bonds. The lowest BCUT2D eigenvalue weighted by molar-refractivity contribution is -0.149. The van der Waals surface area contributed by atoms with Gasteiger partial charge in [-0.1, -0.05) is 42.8 Å². The number of fused-ring (bicyclic) bond motifs is 1. The molecule has 3 aliphatic heterocycles. The zero-order valence-electron chi connectivity index (χ0n) is 23.7. The maximum atomic E-state index is 14.6. The highest BCUT2D eigenvalue weighted by Crippen LogP contribution is 2.63. The molecule has 218 valence electrons. The van der Waals surface area contributed by atoms with Crippen molar-refractivity contribution in [3.05, 3.63) is 54.6 Å². The third-order valence-electron chi connectivity index (χ3n) is 8.71. The predicted molar refractivity (Wildman–Crippen MR) is 156 cm³/mol. The Hall–Kier alpha value is -2.68. The second kappa shape index (κ2) is 12.5. The van der Waals surface area contributed by atoms with Gasteiger partial charge in [0.2, 0.25) is 11.8 Å². The van der Waals surface area contributed by atoms with Crippen LogP contribution in [0.1, 0.15) is 52.4 Å². The number of hydrogen-bond acceptors (Lipinski definition) is 5. The summed E-state index contributed by atoms with van der Waals surface area (Å²) in [6.45, 7) is 13.1. The number of aliphatic hydroxyl groups excluding tert-OH is 1. The second-order valence-electron chi connectivity index (χ2n) is 11.3. The number of carbonyl (C=O) groups is 3. The fraction of sp³-hybridized carbons (Fsp3) is 0.581. The summed E-state index contributed by atoms with van der Waals surface area (Å²) in [7, 11) is 0. The molecule has 0 aliphatic carbocycles. The van der Waals surface area contributed by atoms with Crippen LogP contribution >= 0.6 is 11.6 Å². The first-order valence-corrected chi connectivity index (χ1v) is 14.8. The lowest BCUT2D eigenvalue weighted by Crippen LogP contribution is -2.56. The van der Waals surface area contributed by atoms with Crippen molar-refractivity contribution in [3.8, 4) is 0 Å². The molecule has 1 spiro atoms. The molecule has 4 rings (SSSR count). The van der Waals surface area contributed by atoms with E-state index >= 15 is 0 Å². The van der Waals surface area contributed by atoms with E-state index in [-0.39, 0.29) is 30.9 Å². The summed E-state index contributed by atoms with van der Waals surface area (Å²) in [5, 5.41) is 9.70. The molecule has 3 aliphatic rings. The van der Waals surface area contributed by atoms with Crippen molar-refractivity contribution >= 4 is 35.0 Å². The van der Waals surface area contributed by atoms with Gasteiger partial charge in [-0.3, -0.25) is 14.4 Å². The van der Waals surface area contributed by atoms with Gasteiger partial charge in [0, 0.05) is 32.8 Å². The van der Waals surface area contributed by atoms with Crippen LogP contribution in [0.2, 0.25) is 5.02 Å². The summed E-state index contributed by atoms with van der Waals surface area (Å²) in [6, 6.07) is 6.21. The van der Waals surface area contributed by atoms with Crippen LogP contribution in [-0.4, -0.2) is 82.7 Å². The number of likely N-dealkylation sites (tertiary alicyclic amines) is 1. The van der Waals surface area contributed by atoms with Crippen LogP contribution in [0.25, 0.3) is 0 Å². The van der Waals surface area contributed by atoms with Crippen molar-refractivity contribution in [2.75, 3.05) is 37.7 Å². The van der Waals surface area contributed by atoms with Crippen LogP contribution < -0.4 is 4.90 Å². The van der Waals surface area contributed by atoms with E-state index in [2.05, 4.69) is 13.2 Å². The normalized spacial score (nSPS) is 28.4. The fourth-order valence-corrected chi connectivity index (χ4v) is 7.30. The van der Waals surface area contributed by atoms with Gasteiger partial charge >= 0.3 is 0 Å². The van der Waals surface area contributed by atoms with Gasteiger partial charge in [0.05, 0.1) is 28.1 Å². The lowest BCUT2D eigenvalue weighted by atomic mass is 9.66. The van der Waals surface area contributed by atoms with E-state index < -0.39 is 29.1 Å². The molecule has 2 unspecified atom stereocenters. The standard InChI is InChI=1S/C31H42ClN3O5/c1-5-17-33(18-6-2)27(37)24-25-28(38)35(20-11-8-12-21-36)26(31(25)16-15-30(24,4)40-31)29(39)34(19-7-3)23-14-10-9-13-22(23)32/h5,7,9-10,13-14,24-26,36H,1,3,6,8,11-12,15-21H2,2,4H3/t24-,25-,26?,30+,31?/m0/s1. The summed E-state index contributed by atoms with van der Waals surface area (Å²) in [5.41, 5.74) is -1.43. The van der Waals surface area contributed by atoms with Crippen molar-refractivity contribution < 1.29 is 24.2 Å². The van der Waals surface area contributed by atoms with E-state index in [0.717, 1.165) is 6.42 Å². The highest BCUT2D eigenvalue weighted by molar-refractivity contribution is 6.34. The van der Waals surface area contributed by atoms with Gasteiger partial charge in [-0.2, -0.15) is 0 Å². The summed E-state index contributed by atoms with van der Waals surface area (Å²) < 4.78 is 6.79. The Morgan fingerprint density at radius 3 is 2.52 bits per heavy atom. The number of para-hydroxylation sites is 1. The van der Waals surface area contributed by atoms with E-state index in [1.165, 1.54) is 0 Å². The minimum atomic E-state index is -1.12. The zero-order chi connectivity index (χ0) is 29.1. The van der Waals surface area contributed by atoms with E-state index in [1.54, 1.807) is 45.1 Å². The third kappa shape index (κ3) is 5.10. The summed E-state index contributed by atoms with van der Waals surface area (Å²) in [4.78, 5) is 47.9. The number of nitrogens with zero attached hydrogens (tertiary/aromatic N) is 3. The summed E-state index contributed by atoms with van der Waals surface area (Å²) in [6.07, 6.45) is 7.15. The molecule has 0 saturated carbocycles. The summed E-state index contributed by atoms with van der Waals surface area (Å²) >= 11 is 6.54. The van der Waals surface area contributed by atoms with E-state index in [4.69, 9.17) is 16.3 Å². The third-order valence-corrected chi connectivity index (χ3v) is 9.03. The lowest BCUT2D eigenvalue weighted by Gasteiger charge is -2.37. The second-order valence-corrected chi connectivity index (χ2v) is 11.7. The quantitative estimate of drug-likeness (QED) is 0.267. The number of amides is 3. The number of ether oxygens (including phenoxy) is 1. The van der Waals surface area contributed by atoms with Crippen molar-refractivity contribution in [3.63, 3.8) is 0 Å². The number of carbonyl (C=O) groups excluding carboxylic acids is 3. The Kier molecular flexibility index (Phi) is 9.43. The van der Waals surface area contributed by atoms with Crippen LogP contribution in [0.5, 0.6) is 0 Å². The molecule has 2 bridgehead atoms. The maximum absolute atomic E-state index is 14.6. The molecule has 5 atom stereocenters. The van der Waals surface area contributed by atoms with E-state index in [9.17, 15) is 19.5 Å². The van der Waals surface area contributed by atoms with E-state index in [0.29, 0.717) is 62.4 Å². The number of hydrogen-bond donors (Lipinski definition) is 1. The SMILES string of the molecule is C=CCN(CCC)C(=O)[C@@H]1[C@H]2C(=O)N(CCCCCO)C(C(=O)N(CC=C)c3ccccc3Cl)C23CC[C@@]1(C)O3. The smallest absolute Gasteiger partial charge is 0.253 e. The topological polar surface area (TPSA) is 90.4 Å². The monoisotopic (exact) mass is 571 g/mol. The molecule has 8 nitrogen and oxygen atoms in total. The first-order valence-electron chi connectivity index (χ1n) is 14.4. The predicted octanol–water partition coefficient (Wildman–Crippen LogP) is 4.21. The molecule has 1 aromatic carbocycles. The van der Waals surface area contributed by atoms with Crippen molar-refractivity contribution in [1.82, 2.24) is 9.80 Å². The van der Waals surface area contributed by atoms with E-state index in [1.807, 2.05) is 19.9 Å². The molecule has 1 N–H and O–H groups in total. The average molecular weight is 572 g/mol. The molecule has 40 heavy (non-hydrogen) atoms. The van der Waals surface area contributed by atoms with Crippen LogP contribution in [0, 0.1) is 11.8 Å². The Balaban J connectivity index is 1.78. The van der Waals surface area contributed by atoms with Gasteiger partial charge in [-0.05, 0) is 57.6 Å². The van der Waals surface area contributed by atoms with Crippen molar-refractivity contribution in [1.29, 1.82) is 0 Å². The largest absolute Gasteiger partial charge is 0.396 e. The number of anilines is 1. The van der Waals surface area contributed by atoms with Crippen LogP contribution in [0.3, 0.4) is 0 Å². The first-order chi connectivity index (χ1) is 19.2. The van der Waals surface area contributed by atoms with Crippen molar-refractivity contribution in [2.24, 2.45) is 11.8 Å². The van der Waals surface area contributed by atoms with Crippen LogP contribution in [0.4, 0.5) is 5.69 Å². The molecule has 1 aromatic rings. The number of aliphatic hydroxyl groups is 1. The average Bonchev–Trinajstić information content (AvgIpc) is 3.50. The summed E-state index contributed by atoms with van der Waals surface area (Å²) in [5.74, 6) is -2.07. The van der Waals surface area contributed by atoms with Gasteiger partial charge in [-0.25, -0.2) is 0 Å². The van der Waals surface area contributed by atoms with Crippen LogP contribution in [-0.2, 0) is 19.1 Å². The Morgan fingerprint density at radius 2 is 1.88 bits per heavy atom. The number of halogens is 1. The molecule has 0 aromatic heterocycles. The highest BCUT2D eigenvalue weighted by atomic mass is 35.5. The molecule has 9 heteroatoms. The van der Waals surface area contributed by atoms with Gasteiger partial charge < -0.3 is 24.5 Å². The number of unbranched alkanes of at least 4 members (excludes halogenated alkanes) is 2. The minimum absolute atomic E-state index is 0.0666. The van der Waals surface area contributed by atoms with Gasteiger partial charge in [-0.15, -0.1) is 13.2 Å². The van der Waals surface area contributed by atoms with Crippen LogP contribution in [0.15, 0.2) is 49.6 Å².